The molecule has 0 atom stereocenters. The SMILES string of the molecule is COc1ccc(COC(=O)c2snnc2-c2ccc(OC)cc2)cc1. The van der Waals surface area contributed by atoms with Gasteiger partial charge in [-0.1, -0.05) is 16.6 Å². The van der Waals surface area contributed by atoms with E-state index in [2.05, 4.69) is 9.59 Å². The number of rotatable bonds is 6. The Kier molecular flexibility index (Phi) is 5.25. The van der Waals surface area contributed by atoms with Gasteiger partial charge in [-0.25, -0.2) is 4.79 Å². The van der Waals surface area contributed by atoms with Crippen LogP contribution in [-0.4, -0.2) is 29.8 Å². The van der Waals surface area contributed by atoms with Gasteiger partial charge in [0.1, 0.15) is 23.8 Å². The fraction of sp³-hybridized carbons (Fsp3) is 0.167. The lowest BCUT2D eigenvalue weighted by atomic mass is 10.1. The Morgan fingerprint density at radius 3 is 2.16 bits per heavy atom. The fourth-order valence-corrected chi connectivity index (χ4v) is 2.78. The van der Waals surface area contributed by atoms with Gasteiger partial charge in [0.15, 0.2) is 4.88 Å². The molecule has 2 aromatic carbocycles. The van der Waals surface area contributed by atoms with Crippen LogP contribution in [0, 0.1) is 0 Å². The highest BCUT2D eigenvalue weighted by atomic mass is 32.1. The lowest BCUT2D eigenvalue weighted by Crippen LogP contribution is -2.05. The van der Waals surface area contributed by atoms with E-state index >= 15 is 0 Å². The van der Waals surface area contributed by atoms with Crippen LogP contribution in [0.2, 0.25) is 0 Å². The molecule has 0 radical (unpaired) electrons. The number of hydrogen-bond acceptors (Lipinski definition) is 7. The number of carbonyl (C=O) groups excluding carboxylic acids is 1. The zero-order valence-electron chi connectivity index (χ0n) is 13.8. The number of ether oxygens (including phenoxy) is 3. The lowest BCUT2D eigenvalue weighted by molar-refractivity contribution is 0.0479. The Balaban J connectivity index is 1.71. The van der Waals surface area contributed by atoms with Crippen LogP contribution in [-0.2, 0) is 11.3 Å². The summed E-state index contributed by atoms with van der Waals surface area (Å²) in [5.41, 5.74) is 2.16. The van der Waals surface area contributed by atoms with E-state index in [0.717, 1.165) is 34.2 Å². The summed E-state index contributed by atoms with van der Waals surface area (Å²) >= 11 is 1.02. The van der Waals surface area contributed by atoms with Gasteiger partial charge in [0.05, 0.1) is 14.2 Å². The summed E-state index contributed by atoms with van der Waals surface area (Å²) in [7, 11) is 3.20. The Morgan fingerprint density at radius 2 is 1.56 bits per heavy atom. The van der Waals surface area contributed by atoms with Gasteiger partial charge in [-0.15, -0.1) is 5.10 Å². The zero-order chi connectivity index (χ0) is 17.6. The van der Waals surface area contributed by atoms with Gasteiger partial charge in [-0.3, -0.25) is 0 Å². The molecule has 25 heavy (non-hydrogen) atoms. The third-order valence-corrected chi connectivity index (χ3v) is 4.27. The monoisotopic (exact) mass is 356 g/mol. The molecule has 0 bridgehead atoms. The van der Waals surface area contributed by atoms with Crippen molar-refractivity contribution in [1.82, 2.24) is 9.59 Å². The van der Waals surface area contributed by atoms with Crippen molar-refractivity contribution < 1.29 is 19.0 Å². The van der Waals surface area contributed by atoms with Crippen molar-refractivity contribution in [1.29, 1.82) is 0 Å². The van der Waals surface area contributed by atoms with Gasteiger partial charge in [0.2, 0.25) is 0 Å². The van der Waals surface area contributed by atoms with E-state index in [1.807, 2.05) is 36.4 Å². The second-order valence-corrected chi connectivity index (χ2v) is 5.86. The Hall–Kier alpha value is -2.93. The maximum atomic E-state index is 12.4. The summed E-state index contributed by atoms with van der Waals surface area (Å²) in [4.78, 5) is 12.8. The van der Waals surface area contributed by atoms with Crippen molar-refractivity contribution in [3.8, 4) is 22.8 Å². The van der Waals surface area contributed by atoms with Gasteiger partial charge in [-0.2, -0.15) is 0 Å². The number of methoxy groups -OCH3 is 2. The van der Waals surface area contributed by atoms with Crippen LogP contribution < -0.4 is 9.47 Å². The minimum Gasteiger partial charge on any atom is -0.497 e. The second-order valence-electron chi connectivity index (χ2n) is 5.10. The van der Waals surface area contributed by atoms with Crippen LogP contribution in [0.3, 0.4) is 0 Å². The normalized spacial score (nSPS) is 10.3. The first-order valence-electron chi connectivity index (χ1n) is 7.48. The maximum absolute atomic E-state index is 12.4. The highest BCUT2D eigenvalue weighted by molar-refractivity contribution is 7.08. The summed E-state index contributed by atoms with van der Waals surface area (Å²) in [6, 6.07) is 14.6. The summed E-state index contributed by atoms with van der Waals surface area (Å²) in [6.45, 7) is 0.169. The number of aromatic nitrogens is 2. The first kappa shape index (κ1) is 16.9. The molecule has 0 aliphatic carbocycles. The summed E-state index contributed by atoms with van der Waals surface area (Å²) in [5, 5.41) is 4.05. The molecule has 0 spiro atoms. The lowest BCUT2D eigenvalue weighted by Gasteiger charge is -2.06. The largest absolute Gasteiger partial charge is 0.497 e. The van der Waals surface area contributed by atoms with E-state index in [-0.39, 0.29) is 6.61 Å². The number of esters is 1. The molecule has 6 nitrogen and oxygen atoms in total. The minimum atomic E-state index is -0.448. The van der Waals surface area contributed by atoms with Crippen LogP contribution in [0.4, 0.5) is 0 Å². The molecule has 3 rings (SSSR count). The van der Waals surface area contributed by atoms with Crippen molar-refractivity contribution in [3.05, 3.63) is 59.0 Å². The third-order valence-electron chi connectivity index (χ3n) is 3.57. The van der Waals surface area contributed by atoms with Crippen LogP contribution >= 0.6 is 11.5 Å². The molecule has 0 aliphatic heterocycles. The fourth-order valence-electron chi connectivity index (χ4n) is 2.20. The van der Waals surface area contributed by atoms with Crippen LogP contribution in [0.5, 0.6) is 11.5 Å². The number of carbonyl (C=O) groups is 1. The third kappa shape index (κ3) is 3.95. The molecule has 1 aromatic heterocycles. The van der Waals surface area contributed by atoms with Crippen LogP contribution in [0.15, 0.2) is 48.5 Å². The quantitative estimate of drug-likeness (QED) is 0.629. The molecule has 0 N–H and O–H groups in total. The van der Waals surface area contributed by atoms with Gasteiger partial charge >= 0.3 is 5.97 Å². The number of nitrogens with zero attached hydrogens (tertiary/aromatic N) is 2. The molecule has 1 heterocycles. The molecule has 0 aliphatic rings. The predicted molar refractivity (Wildman–Crippen MR) is 94.0 cm³/mol. The van der Waals surface area contributed by atoms with E-state index in [4.69, 9.17) is 14.2 Å². The van der Waals surface area contributed by atoms with Gasteiger partial charge < -0.3 is 14.2 Å². The van der Waals surface area contributed by atoms with Crippen molar-refractivity contribution in [3.63, 3.8) is 0 Å². The molecule has 3 aromatic rings. The van der Waals surface area contributed by atoms with E-state index < -0.39 is 5.97 Å². The molecule has 0 saturated carbocycles. The molecular formula is C18H16N2O4S. The molecule has 0 unspecified atom stereocenters. The molecule has 0 fully saturated rings. The van der Waals surface area contributed by atoms with Crippen LogP contribution in [0.1, 0.15) is 15.2 Å². The van der Waals surface area contributed by atoms with Crippen molar-refractivity contribution in [2.45, 2.75) is 6.61 Å². The maximum Gasteiger partial charge on any atom is 0.352 e. The second kappa shape index (κ2) is 7.76. The molecule has 128 valence electrons. The Morgan fingerprint density at radius 1 is 0.960 bits per heavy atom. The first-order valence-corrected chi connectivity index (χ1v) is 8.25. The number of benzene rings is 2. The predicted octanol–water partition coefficient (Wildman–Crippen LogP) is 3.58. The highest BCUT2D eigenvalue weighted by Crippen LogP contribution is 2.26. The molecule has 7 heteroatoms. The summed E-state index contributed by atoms with van der Waals surface area (Å²) < 4.78 is 19.5. The van der Waals surface area contributed by atoms with Crippen molar-refractivity contribution in [2.75, 3.05) is 14.2 Å². The first-order chi connectivity index (χ1) is 12.2. The molecular weight excluding hydrogens is 340 g/mol. The van der Waals surface area contributed by atoms with Crippen molar-refractivity contribution >= 4 is 17.5 Å². The van der Waals surface area contributed by atoms with Gasteiger partial charge in [-0.05, 0) is 53.5 Å². The van der Waals surface area contributed by atoms with Crippen molar-refractivity contribution in [2.24, 2.45) is 0 Å². The van der Waals surface area contributed by atoms with Crippen LogP contribution in [0.25, 0.3) is 11.3 Å². The van der Waals surface area contributed by atoms with E-state index in [0.29, 0.717) is 10.6 Å². The van der Waals surface area contributed by atoms with Gasteiger partial charge in [0.25, 0.3) is 0 Å². The standard InChI is InChI=1S/C18H16N2O4S/c1-22-14-7-3-12(4-8-14)11-24-18(21)17-16(19-20-25-17)13-5-9-15(23-2)10-6-13/h3-10H,11H2,1-2H3. The molecule has 0 amide bonds. The summed E-state index contributed by atoms with van der Waals surface area (Å²) in [6.07, 6.45) is 0. The average molecular weight is 356 g/mol. The molecule has 0 saturated heterocycles. The average Bonchev–Trinajstić information content (AvgIpc) is 3.16. The number of hydrogen-bond donors (Lipinski definition) is 0. The Labute approximate surface area is 149 Å². The topological polar surface area (TPSA) is 70.5 Å². The smallest absolute Gasteiger partial charge is 0.352 e. The van der Waals surface area contributed by atoms with E-state index in [1.54, 1.807) is 26.4 Å². The van der Waals surface area contributed by atoms with E-state index in [9.17, 15) is 4.79 Å². The van der Waals surface area contributed by atoms with Gasteiger partial charge in [0, 0.05) is 5.56 Å². The summed E-state index contributed by atoms with van der Waals surface area (Å²) in [5.74, 6) is 1.04. The minimum absolute atomic E-state index is 0.169. The highest BCUT2D eigenvalue weighted by Gasteiger charge is 2.19. The zero-order valence-corrected chi connectivity index (χ0v) is 14.6. The van der Waals surface area contributed by atoms with E-state index in [1.165, 1.54) is 0 Å². The Bertz CT molecular complexity index is 844.